The summed E-state index contributed by atoms with van der Waals surface area (Å²) in [7, 11) is 0. The first-order valence-corrected chi connectivity index (χ1v) is 12.4. The largest absolute Gasteiger partial charge is 0.353 e. The number of carbonyl (C=O) groups excluding carboxylic acids is 3. The van der Waals surface area contributed by atoms with Crippen LogP contribution in [-0.2, 0) is 14.4 Å². The van der Waals surface area contributed by atoms with Crippen LogP contribution >= 0.6 is 0 Å². The van der Waals surface area contributed by atoms with Crippen molar-refractivity contribution >= 4 is 17.7 Å². The Bertz CT molecular complexity index is 563. The highest BCUT2D eigenvalue weighted by atomic mass is 16.2. The first-order valence-electron chi connectivity index (χ1n) is 12.4. The van der Waals surface area contributed by atoms with Gasteiger partial charge in [-0.05, 0) is 45.4 Å². The number of carbonyl (C=O) groups is 3. The maximum Gasteiger partial charge on any atom is 0.237 e. The molecule has 0 heterocycles. The lowest BCUT2D eigenvalue weighted by Gasteiger charge is -2.28. The van der Waals surface area contributed by atoms with Gasteiger partial charge in [0.2, 0.25) is 17.7 Å². The molecule has 1 rings (SSSR count). The summed E-state index contributed by atoms with van der Waals surface area (Å²) in [6.07, 6.45) is 8.61. The Balaban J connectivity index is 2.94. The molecule has 0 bridgehead atoms. The molecular formula is C24H46N4O3. The number of nitrogens with two attached hydrogens (primary N) is 1. The molecule has 5 atom stereocenters. The zero-order valence-electron chi connectivity index (χ0n) is 20.3. The molecular weight excluding hydrogens is 392 g/mol. The van der Waals surface area contributed by atoms with Gasteiger partial charge in [-0.25, -0.2) is 0 Å². The summed E-state index contributed by atoms with van der Waals surface area (Å²) in [5.41, 5.74) is 5.92. The van der Waals surface area contributed by atoms with Gasteiger partial charge in [0.15, 0.2) is 0 Å². The molecule has 0 aromatic rings. The summed E-state index contributed by atoms with van der Waals surface area (Å²) in [4.78, 5) is 38.7. The highest BCUT2D eigenvalue weighted by Crippen LogP contribution is 2.32. The van der Waals surface area contributed by atoms with Crippen LogP contribution in [0.3, 0.4) is 0 Å². The second kappa shape index (κ2) is 14.4. The Labute approximate surface area is 189 Å². The molecule has 31 heavy (non-hydrogen) atoms. The van der Waals surface area contributed by atoms with Crippen molar-refractivity contribution < 1.29 is 14.4 Å². The fraction of sp³-hybridized carbons (Fsp3) is 0.875. The highest BCUT2D eigenvalue weighted by molar-refractivity contribution is 5.88. The van der Waals surface area contributed by atoms with Crippen molar-refractivity contribution in [3.8, 4) is 0 Å². The second-order valence-corrected chi connectivity index (χ2v) is 9.17. The number of unbranched alkanes of at least 4 members (excludes halogenated alkanes) is 1. The number of nitrogens with one attached hydrogen (secondary N) is 3. The van der Waals surface area contributed by atoms with Crippen molar-refractivity contribution in [1.82, 2.24) is 16.0 Å². The van der Waals surface area contributed by atoms with Crippen LogP contribution in [-0.4, -0.2) is 41.9 Å². The van der Waals surface area contributed by atoms with Crippen LogP contribution in [0.5, 0.6) is 0 Å². The normalized spacial score (nSPS) is 22.7. The minimum Gasteiger partial charge on any atom is -0.353 e. The average molecular weight is 439 g/mol. The maximum atomic E-state index is 13.1. The van der Waals surface area contributed by atoms with Crippen LogP contribution in [0.25, 0.3) is 0 Å². The third-order valence-electron chi connectivity index (χ3n) is 6.41. The van der Waals surface area contributed by atoms with E-state index in [9.17, 15) is 14.4 Å². The Hall–Kier alpha value is -1.63. The topological polar surface area (TPSA) is 113 Å². The van der Waals surface area contributed by atoms with E-state index in [1.54, 1.807) is 0 Å². The SMILES string of the molecule is CCCCC(C)NC(=O)C1CCC(C(=O)NC(CCC)CCC)C1NC(=O)C(N)CC. The molecule has 1 aliphatic carbocycles. The van der Waals surface area contributed by atoms with E-state index in [-0.39, 0.29) is 29.8 Å². The van der Waals surface area contributed by atoms with Crippen molar-refractivity contribution in [2.75, 3.05) is 0 Å². The quantitative estimate of drug-likeness (QED) is 0.334. The lowest BCUT2D eigenvalue weighted by Crippen LogP contribution is -2.55. The zero-order valence-corrected chi connectivity index (χ0v) is 20.3. The predicted octanol–water partition coefficient (Wildman–Crippen LogP) is 3.01. The summed E-state index contributed by atoms with van der Waals surface area (Å²) < 4.78 is 0. The fourth-order valence-corrected chi connectivity index (χ4v) is 4.47. The Morgan fingerprint density at radius 2 is 1.42 bits per heavy atom. The van der Waals surface area contributed by atoms with E-state index in [0.29, 0.717) is 19.3 Å². The number of hydrogen-bond donors (Lipinski definition) is 4. The van der Waals surface area contributed by atoms with Crippen LogP contribution in [0.1, 0.15) is 98.8 Å². The molecule has 1 fully saturated rings. The molecule has 0 radical (unpaired) electrons. The summed E-state index contributed by atoms with van der Waals surface area (Å²) in [5, 5.41) is 9.23. The third-order valence-corrected chi connectivity index (χ3v) is 6.41. The predicted molar refractivity (Wildman–Crippen MR) is 125 cm³/mol. The van der Waals surface area contributed by atoms with Crippen LogP contribution in [0.2, 0.25) is 0 Å². The molecule has 1 aliphatic rings. The summed E-state index contributed by atoms with van der Waals surface area (Å²) in [6, 6.07) is -0.941. The van der Waals surface area contributed by atoms with Crippen molar-refractivity contribution in [2.45, 2.75) is 123 Å². The van der Waals surface area contributed by atoms with Gasteiger partial charge in [0.05, 0.1) is 23.9 Å². The minimum absolute atomic E-state index is 0.0587. The molecule has 7 nitrogen and oxygen atoms in total. The van der Waals surface area contributed by atoms with Gasteiger partial charge >= 0.3 is 0 Å². The van der Waals surface area contributed by atoms with E-state index in [1.807, 2.05) is 13.8 Å². The molecule has 0 saturated heterocycles. The molecule has 7 heteroatoms. The Kier molecular flexibility index (Phi) is 12.8. The number of hydrogen-bond acceptors (Lipinski definition) is 4. The first-order chi connectivity index (χ1) is 14.8. The van der Waals surface area contributed by atoms with Crippen LogP contribution in [0.4, 0.5) is 0 Å². The van der Waals surface area contributed by atoms with Crippen molar-refractivity contribution in [2.24, 2.45) is 17.6 Å². The molecule has 180 valence electrons. The van der Waals surface area contributed by atoms with Gasteiger partial charge in [-0.15, -0.1) is 0 Å². The van der Waals surface area contributed by atoms with Crippen LogP contribution in [0, 0.1) is 11.8 Å². The third kappa shape index (κ3) is 8.79. The molecule has 1 saturated carbocycles. The fourth-order valence-electron chi connectivity index (χ4n) is 4.47. The molecule has 5 unspecified atom stereocenters. The van der Waals surface area contributed by atoms with Gasteiger partial charge < -0.3 is 21.7 Å². The van der Waals surface area contributed by atoms with Crippen molar-refractivity contribution in [3.63, 3.8) is 0 Å². The van der Waals surface area contributed by atoms with Gasteiger partial charge in [0.1, 0.15) is 0 Å². The Morgan fingerprint density at radius 1 is 0.871 bits per heavy atom. The van der Waals surface area contributed by atoms with E-state index < -0.39 is 23.9 Å². The highest BCUT2D eigenvalue weighted by Gasteiger charge is 2.45. The minimum atomic E-state index is -0.635. The van der Waals surface area contributed by atoms with Crippen LogP contribution in [0.15, 0.2) is 0 Å². The zero-order chi connectivity index (χ0) is 23.4. The molecule has 0 aromatic heterocycles. The molecule has 3 amide bonds. The average Bonchev–Trinajstić information content (AvgIpc) is 3.15. The smallest absolute Gasteiger partial charge is 0.237 e. The summed E-state index contributed by atoms with van der Waals surface area (Å²) in [6.45, 7) is 10.2. The van der Waals surface area contributed by atoms with Gasteiger partial charge in [0.25, 0.3) is 0 Å². The molecule has 0 aromatic carbocycles. The van der Waals surface area contributed by atoms with E-state index >= 15 is 0 Å². The molecule has 0 aliphatic heterocycles. The van der Waals surface area contributed by atoms with E-state index in [2.05, 4.69) is 36.7 Å². The standard InChI is InChI=1S/C24H46N4O3/c1-6-10-13-16(5)26-22(29)18-14-15-19(21(18)28-24(31)20(25)9-4)23(30)27-17(11-7-2)12-8-3/h16-21H,6-15,25H2,1-5H3,(H,26,29)(H,27,30)(H,28,31). The number of amides is 3. The van der Waals surface area contributed by atoms with Crippen molar-refractivity contribution in [1.29, 1.82) is 0 Å². The molecule has 0 spiro atoms. The van der Waals surface area contributed by atoms with Crippen LogP contribution < -0.4 is 21.7 Å². The van der Waals surface area contributed by atoms with Gasteiger partial charge in [-0.1, -0.05) is 53.4 Å². The lowest BCUT2D eigenvalue weighted by molar-refractivity contribution is -0.130. The van der Waals surface area contributed by atoms with Gasteiger partial charge in [-0.3, -0.25) is 14.4 Å². The molecule has 5 N–H and O–H groups in total. The second-order valence-electron chi connectivity index (χ2n) is 9.17. The maximum absolute atomic E-state index is 13.1. The van der Waals surface area contributed by atoms with E-state index in [0.717, 1.165) is 44.9 Å². The lowest BCUT2D eigenvalue weighted by atomic mass is 9.94. The van der Waals surface area contributed by atoms with E-state index in [1.165, 1.54) is 0 Å². The monoisotopic (exact) mass is 438 g/mol. The van der Waals surface area contributed by atoms with Gasteiger partial charge in [0, 0.05) is 12.1 Å². The summed E-state index contributed by atoms with van der Waals surface area (Å²) in [5.74, 6) is -1.25. The summed E-state index contributed by atoms with van der Waals surface area (Å²) >= 11 is 0. The van der Waals surface area contributed by atoms with E-state index in [4.69, 9.17) is 5.73 Å². The van der Waals surface area contributed by atoms with Crippen molar-refractivity contribution in [3.05, 3.63) is 0 Å². The first kappa shape index (κ1) is 27.4. The van der Waals surface area contributed by atoms with Gasteiger partial charge in [-0.2, -0.15) is 0 Å². The number of rotatable bonds is 14. The Morgan fingerprint density at radius 3 is 1.90 bits per heavy atom.